The van der Waals surface area contributed by atoms with Gasteiger partial charge < -0.3 is 0 Å². The Morgan fingerprint density at radius 2 is 2.27 bits per heavy atom. The highest BCUT2D eigenvalue weighted by Gasteiger charge is 2.14. The lowest BCUT2D eigenvalue weighted by Gasteiger charge is -2.13. The van der Waals surface area contributed by atoms with Gasteiger partial charge in [-0.1, -0.05) is 0 Å². The van der Waals surface area contributed by atoms with Gasteiger partial charge in [-0.15, -0.1) is 11.3 Å². The molecular formula is C9H10BrF2NOS. The molecular weight excluding hydrogens is 288 g/mol. The molecule has 0 spiro atoms. The Bertz CT molecular complexity index is 343. The molecule has 15 heavy (non-hydrogen) atoms. The number of hydrogen-bond acceptors (Lipinski definition) is 3. The molecule has 84 valence electrons. The highest BCUT2D eigenvalue weighted by molar-refractivity contribution is 9.11. The molecule has 0 atom stereocenters. The second kappa shape index (κ2) is 5.67. The van der Waals surface area contributed by atoms with Crippen LogP contribution in [0, 0.1) is 0 Å². The molecule has 1 aromatic heterocycles. The first-order chi connectivity index (χ1) is 6.99. The van der Waals surface area contributed by atoms with Gasteiger partial charge in [0, 0.05) is 0 Å². The number of nitrogens with zero attached hydrogens (tertiary/aromatic N) is 1. The molecule has 0 N–H and O–H groups in total. The molecule has 0 amide bonds. The molecule has 0 aliphatic heterocycles. The van der Waals surface area contributed by atoms with Crippen molar-refractivity contribution in [1.82, 2.24) is 4.90 Å². The number of hydrogen-bond donors (Lipinski definition) is 0. The normalized spacial score (nSPS) is 11.3. The molecule has 1 heterocycles. The molecule has 0 saturated carbocycles. The first-order valence-corrected chi connectivity index (χ1v) is 5.85. The van der Waals surface area contributed by atoms with E-state index < -0.39 is 6.43 Å². The van der Waals surface area contributed by atoms with Gasteiger partial charge >= 0.3 is 0 Å². The van der Waals surface area contributed by atoms with Crippen molar-refractivity contribution in [2.75, 3.05) is 20.1 Å². The van der Waals surface area contributed by atoms with Crippen LogP contribution in [-0.2, 0) is 0 Å². The summed E-state index contributed by atoms with van der Waals surface area (Å²) >= 11 is 4.55. The van der Waals surface area contributed by atoms with Crippen LogP contribution in [0.15, 0.2) is 15.9 Å². The predicted molar refractivity (Wildman–Crippen MR) is 59.9 cm³/mol. The molecule has 0 radical (unpaired) electrons. The fourth-order valence-corrected chi connectivity index (χ4v) is 2.40. The molecule has 0 aromatic carbocycles. The Morgan fingerprint density at radius 1 is 1.60 bits per heavy atom. The zero-order valence-electron chi connectivity index (χ0n) is 8.04. The number of alkyl halides is 2. The molecule has 1 aromatic rings. The first kappa shape index (κ1) is 12.7. The molecule has 0 aliphatic rings. The average Bonchev–Trinajstić information content (AvgIpc) is 2.49. The highest BCUT2D eigenvalue weighted by Crippen LogP contribution is 2.22. The van der Waals surface area contributed by atoms with Crippen LogP contribution in [0.3, 0.4) is 0 Å². The number of likely N-dealkylation sites (N-methyl/N-ethyl adjacent to an activating group) is 1. The molecule has 0 saturated heterocycles. The van der Waals surface area contributed by atoms with Crippen molar-refractivity contribution in [1.29, 1.82) is 0 Å². The third-order valence-corrected chi connectivity index (χ3v) is 3.38. The molecule has 0 unspecified atom stereocenters. The number of thiophene rings is 1. The third kappa shape index (κ3) is 4.36. The van der Waals surface area contributed by atoms with E-state index in [9.17, 15) is 13.6 Å². The van der Waals surface area contributed by atoms with Gasteiger partial charge in [-0.25, -0.2) is 8.78 Å². The second-order valence-corrected chi connectivity index (χ2v) is 5.58. The van der Waals surface area contributed by atoms with E-state index >= 15 is 0 Å². The van der Waals surface area contributed by atoms with Crippen LogP contribution < -0.4 is 0 Å². The summed E-state index contributed by atoms with van der Waals surface area (Å²) in [5.41, 5.74) is 0. The van der Waals surface area contributed by atoms with E-state index in [-0.39, 0.29) is 18.9 Å². The van der Waals surface area contributed by atoms with E-state index in [1.54, 1.807) is 12.1 Å². The standard InChI is InChI=1S/C9H10BrF2NOS/c1-13(5-9(11)12)4-6(14)7-2-3-8(10)15-7/h2-3,9H,4-5H2,1H3. The lowest BCUT2D eigenvalue weighted by atomic mass is 10.3. The number of carbonyl (C=O) groups is 1. The largest absolute Gasteiger partial charge is 0.293 e. The van der Waals surface area contributed by atoms with Crippen molar-refractivity contribution in [3.8, 4) is 0 Å². The van der Waals surface area contributed by atoms with E-state index in [2.05, 4.69) is 15.9 Å². The quantitative estimate of drug-likeness (QED) is 0.779. The Balaban J connectivity index is 2.49. The Hall–Kier alpha value is -0.330. The number of Topliss-reactive ketones (excluding diaryl/α,β-unsaturated/α-hetero) is 1. The van der Waals surface area contributed by atoms with Gasteiger partial charge in [-0.05, 0) is 35.1 Å². The fourth-order valence-electron chi connectivity index (χ4n) is 1.09. The molecule has 1 rings (SSSR count). The number of ketones is 1. The number of carbonyl (C=O) groups excluding carboxylic acids is 1. The number of halogens is 3. The average molecular weight is 298 g/mol. The minimum absolute atomic E-state index is 0.0251. The van der Waals surface area contributed by atoms with Crippen LogP contribution in [0.25, 0.3) is 0 Å². The van der Waals surface area contributed by atoms with E-state index in [1.165, 1.54) is 23.3 Å². The molecule has 0 bridgehead atoms. The predicted octanol–water partition coefficient (Wildman–Crippen LogP) is 2.89. The zero-order chi connectivity index (χ0) is 11.4. The van der Waals surface area contributed by atoms with Crippen LogP contribution >= 0.6 is 27.3 Å². The summed E-state index contributed by atoms with van der Waals surface area (Å²) < 4.78 is 24.8. The van der Waals surface area contributed by atoms with Crippen molar-refractivity contribution in [3.05, 3.63) is 20.8 Å². The summed E-state index contributed by atoms with van der Waals surface area (Å²) in [6.07, 6.45) is -2.40. The summed E-state index contributed by atoms with van der Waals surface area (Å²) in [6, 6.07) is 3.46. The minimum atomic E-state index is -2.40. The van der Waals surface area contributed by atoms with Gasteiger partial charge in [-0.2, -0.15) is 0 Å². The Kier molecular flexibility index (Phi) is 4.82. The maximum Gasteiger partial charge on any atom is 0.251 e. The van der Waals surface area contributed by atoms with Crippen molar-refractivity contribution < 1.29 is 13.6 Å². The van der Waals surface area contributed by atoms with Crippen molar-refractivity contribution in [2.45, 2.75) is 6.43 Å². The van der Waals surface area contributed by atoms with Crippen LogP contribution in [0.5, 0.6) is 0 Å². The number of rotatable bonds is 5. The molecule has 0 fully saturated rings. The Labute approximate surface area is 99.0 Å². The maximum atomic E-state index is 12.0. The molecule has 0 aliphatic carbocycles. The van der Waals surface area contributed by atoms with Crippen molar-refractivity contribution in [2.24, 2.45) is 0 Å². The topological polar surface area (TPSA) is 20.3 Å². The monoisotopic (exact) mass is 297 g/mol. The van der Waals surface area contributed by atoms with Crippen LogP contribution in [0.4, 0.5) is 8.78 Å². The van der Waals surface area contributed by atoms with Gasteiger partial charge in [0.15, 0.2) is 5.78 Å². The summed E-state index contributed by atoms with van der Waals surface area (Å²) in [4.78, 5) is 13.5. The first-order valence-electron chi connectivity index (χ1n) is 4.24. The van der Waals surface area contributed by atoms with Crippen LogP contribution in [-0.4, -0.2) is 37.2 Å². The van der Waals surface area contributed by atoms with Gasteiger partial charge in [0.05, 0.1) is 21.8 Å². The highest BCUT2D eigenvalue weighted by atomic mass is 79.9. The lowest BCUT2D eigenvalue weighted by molar-refractivity contribution is 0.0823. The van der Waals surface area contributed by atoms with Crippen LogP contribution in [0.1, 0.15) is 9.67 Å². The smallest absolute Gasteiger partial charge is 0.251 e. The van der Waals surface area contributed by atoms with E-state index in [1.807, 2.05) is 0 Å². The van der Waals surface area contributed by atoms with Gasteiger partial charge in [0.25, 0.3) is 6.43 Å². The SMILES string of the molecule is CN(CC(=O)c1ccc(Br)s1)CC(F)F. The fraction of sp³-hybridized carbons (Fsp3) is 0.444. The Morgan fingerprint density at radius 3 is 2.73 bits per heavy atom. The summed E-state index contributed by atoms with van der Waals surface area (Å²) in [6.45, 7) is -0.352. The zero-order valence-corrected chi connectivity index (χ0v) is 10.4. The third-order valence-electron chi connectivity index (χ3n) is 1.71. The molecule has 2 nitrogen and oxygen atoms in total. The summed E-state index contributed by atoms with van der Waals surface area (Å²) in [5.74, 6) is -0.131. The van der Waals surface area contributed by atoms with Gasteiger partial charge in [0.2, 0.25) is 0 Å². The van der Waals surface area contributed by atoms with E-state index in [0.717, 1.165) is 3.79 Å². The molecule has 6 heteroatoms. The van der Waals surface area contributed by atoms with Crippen molar-refractivity contribution >= 4 is 33.0 Å². The second-order valence-electron chi connectivity index (χ2n) is 3.11. The minimum Gasteiger partial charge on any atom is -0.293 e. The van der Waals surface area contributed by atoms with E-state index in [4.69, 9.17) is 0 Å². The van der Waals surface area contributed by atoms with Crippen LogP contribution in [0.2, 0.25) is 0 Å². The van der Waals surface area contributed by atoms with E-state index in [0.29, 0.717) is 4.88 Å². The van der Waals surface area contributed by atoms with Gasteiger partial charge in [-0.3, -0.25) is 9.69 Å². The summed E-state index contributed by atoms with van der Waals surface area (Å²) in [7, 11) is 1.51. The van der Waals surface area contributed by atoms with Crippen molar-refractivity contribution in [3.63, 3.8) is 0 Å². The van der Waals surface area contributed by atoms with Gasteiger partial charge in [0.1, 0.15) is 0 Å². The maximum absolute atomic E-state index is 12.0. The summed E-state index contributed by atoms with van der Waals surface area (Å²) in [5, 5.41) is 0. The lowest BCUT2D eigenvalue weighted by Crippen LogP contribution is -2.30.